The van der Waals surface area contributed by atoms with Crippen LogP contribution in [0.4, 0.5) is 0 Å². The minimum absolute atomic E-state index is 1.19. The predicted octanol–water partition coefficient (Wildman–Crippen LogP) is 3.05. The fourth-order valence-electron chi connectivity index (χ4n) is 0.423. The van der Waals surface area contributed by atoms with Gasteiger partial charge >= 0.3 is 0 Å². The zero-order valence-electron chi connectivity index (χ0n) is 6.12. The van der Waals surface area contributed by atoms with Crippen molar-refractivity contribution in [1.82, 2.24) is 0 Å². The van der Waals surface area contributed by atoms with Gasteiger partial charge in [-0.05, 0) is 31.4 Å². The molecule has 0 fully saturated rings. The molecule has 0 unspecified atom stereocenters. The molecule has 0 radical (unpaired) electrons. The molecule has 0 N–H and O–H groups in total. The monoisotopic (exact) mass is 130 g/mol. The van der Waals surface area contributed by atoms with E-state index in [0.717, 1.165) is 0 Å². The molecule has 8 heavy (non-hydrogen) atoms. The highest BCUT2D eigenvalue weighted by Gasteiger charge is 1.88. The molecule has 0 aliphatic rings. The summed E-state index contributed by atoms with van der Waals surface area (Å²) in [5, 5.41) is 0. The second-order valence-corrected chi connectivity index (χ2v) is 2.91. The van der Waals surface area contributed by atoms with Gasteiger partial charge in [0.1, 0.15) is 0 Å². The Hall–Kier alpha value is 0.0900. The minimum Gasteiger partial charge on any atom is -0.134 e. The van der Waals surface area contributed by atoms with Crippen LogP contribution in [0.25, 0.3) is 0 Å². The first kappa shape index (κ1) is 8.09. The Morgan fingerprint density at radius 1 is 1.38 bits per heavy atom. The van der Waals surface area contributed by atoms with Crippen LogP contribution in [-0.2, 0) is 0 Å². The second-order valence-electron chi connectivity index (χ2n) is 1.89. The highest BCUT2D eigenvalue weighted by atomic mass is 32.2. The third kappa shape index (κ3) is 2.41. The molecule has 0 aromatic carbocycles. The minimum atomic E-state index is 1.19. The van der Waals surface area contributed by atoms with E-state index >= 15 is 0 Å². The summed E-state index contributed by atoms with van der Waals surface area (Å²) in [5.41, 5.74) is 1.51. The van der Waals surface area contributed by atoms with Gasteiger partial charge in [-0.1, -0.05) is 12.5 Å². The van der Waals surface area contributed by atoms with E-state index < -0.39 is 0 Å². The number of hydrogen-bond donors (Lipinski definition) is 0. The topological polar surface area (TPSA) is 0 Å². The molecule has 48 valence electrons. The van der Waals surface area contributed by atoms with Gasteiger partial charge in [-0.25, -0.2) is 0 Å². The highest BCUT2D eigenvalue weighted by Crippen LogP contribution is 2.16. The molecule has 0 amide bonds. The van der Waals surface area contributed by atoms with Crippen molar-refractivity contribution < 1.29 is 0 Å². The van der Waals surface area contributed by atoms with Gasteiger partial charge in [0.15, 0.2) is 0 Å². The van der Waals surface area contributed by atoms with Gasteiger partial charge < -0.3 is 0 Å². The average Bonchev–Trinajstić information content (AvgIpc) is 1.84. The summed E-state index contributed by atoms with van der Waals surface area (Å²) < 4.78 is 0. The van der Waals surface area contributed by atoms with E-state index in [-0.39, 0.29) is 0 Å². The number of rotatable bonds is 2. The van der Waals surface area contributed by atoms with Crippen LogP contribution in [0, 0.1) is 0 Å². The van der Waals surface area contributed by atoms with Gasteiger partial charge in [-0.15, -0.1) is 11.8 Å². The SMILES string of the molecule is CC/C(C)=C(\C)SC. The summed E-state index contributed by atoms with van der Waals surface area (Å²) in [6.45, 7) is 6.55. The van der Waals surface area contributed by atoms with Crippen LogP contribution in [0.5, 0.6) is 0 Å². The van der Waals surface area contributed by atoms with Gasteiger partial charge in [0.2, 0.25) is 0 Å². The second kappa shape index (κ2) is 4.02. The fraction of sp³-hybridized carbons (Fsp3) is 0.714. The van der Waals surface area contributed by atoms with Gasteiger partial charge in [0.05, 0.1) is 0 Å². The predicted molar refractivity (Wildman–Crippen MR) is 42.2 cm³/mol. The van der Waals surface area contributed by atoms with Crippen LogP contribution < -0.4 is 0 Å². The Kier molecular flexibility index (Phi) is 4.06. The third-order valence-electron chi connectivity index (χ3n) is 1.44. The highest BCUT2D eigenvalue weighted by molar-refractivity contribution is 8.02. The van der Waals surface area contributed by atoms with E-state index in [0.29, 0.717) is 0 Å². The van der Waals surface area contributed by atoms with Crippen molar-refractivity contribution in [1.29, 1.82) is 0 Å². The maximum absolute atomic E-state index is 2.19. The molecule has 0 aliphatic carbocycles. The molecule has 0 aromatic rings. The van der Waals surface area contributed by atoms with Gasteiger partial charge in [0, 0.05) is 0 Å². The van der Waals surface area contributed by atoms with Crippen LogP contribution in [0.15, 0.2) is 10.5 Å². The summed E-state index contributed by atoms with van der Waals surface area (Å²) in [6.07, 6.45) is 3.31. The molecule has 0 spiro atoms. The van der Waals surface area contributed by atoms with Crippen molar-refractivity contribution in [2.45, 2.75) is 27.2 Å². The first-order chi connectivity index (χ1) is 3.72. The molecule has 1 heteroatoms. The number of allylic oxidation sites excluding steroid dienone is 2. The zero-order valence-corrected chi connectivity index (χ0v) is 6.93. The Balaban J connectivity index is 3.83. The molecular weight excluding hydrogens is 116 g/mol. The Labute approximate surface area is 56.4 Å². The van der Waals surface area contributed by atoms with Crippen LogP contribution in [-0.4, -0.2) is 6.26 Å². The van der Waals surface area contributed by atoms with E-state index in [4.69, 9.17) is 0 Å². The zero-order chi connectivity index (χ0) is 6.57. The quantitative estimate of drug-likeness (QED) is 0.553. The Morgan fingerprint density at radius 2 is 1.88 bits per heavy atom. The average molecular weight is 130 g/mol. The molecule has 0 saturated heterocycles. The fourth-order valence-corrected chi connectivity index (χ4v) is 0.916. The maximum atomic E-state index is 2.19. The van der Waals surface area contributed by atoms with E-state index in [1.54, 1.807) is 0 Å². The van der Waals surface area contributed by atoms with Crippen LogP contribution in [0.1, 0.15) is 27.2 Å². The number of hydrogen-bond acceptors (Lipinski definition) is 1. The van der Waals surface area contributed by atoms with Crippen molar-refractivity contribution in [3.8, 4) is 0 Å². The summed E-state index contributed by atoms with van der Waals surface area (Å²) in [7, 11) is 0. The first-order valence-electron chi connectivity index (χ1n) is 2.92. The molecule has 0 bridgehead atoms. The lowest BCUT2D eigenvalue weighted by molar-refractivity contribution is 1.09. The first-order valence-corrected chi connectivity index (χ1v) is 4.15. The van der Waals surface area contributed by atoms with Crippen LogP contribution in [0.2, 0.25) is 0 Å². The summed E-state index contributed by atoms with van der Waals surface area (Å²) in [6, 6.07) is 0. The van der Waals surface area contributed by atoms with Crippen LogP contribution in [0.3, 0.4) is 0 Å². The maximum Gasteiger partial charge on any atom is -0.0140 e. The van der Waals surface area contributed by atoms with E-state index in [9.17, 15) is 0 Å². The lowest BCUT2D eigenvalue weighted by Crippen LogP contribution is -1.74. The van der Waals surface area contributed by atoms with Crippen LogP contribution >= 0.6 is 11.8 Å². The third-order valence-corrected chi connectivity index (χ3v) is 2.40. The molecule has 0 nitrogen and oxygen atoms in total. The lowest BCUT2D eigenvalue weighted by atomic mass is 10.2. The summed E-state index contributed by atoms with van der Waals surface area (Å²) in [5.74, 6) is 0. The normalized spacial score (nSPS) is 13.5. The van der Waals surface area contributed by atoms with Gasteiger partial charge in [-0.3, -0.25) is 0 Å². The molecule has 0 aliphatic heterocycles. The Bertz CT molecular complexity index is 80.6. The Morgan fingerprint density at radius 3 is 2.00 bits per heavy atom. The lowest BCUT2D eigenvalue weighted by Gasteiger charge is -1.98. The van der Waals surface area contributed by atoms with Crippen molar-refractivity contribution >= 4 is 11.8 Å². The molecule has 0 heterocycles. The van der Waals surface area contributed by atoms with E-state index in [2.05, 4.69) is 27.0 Å². The smallest absolute Gasteiger partial charge is 0.0140 e. The summed E-state index contributed by atoms with van der Waals surface area (Å²) in [4.78, 5) is 1.47. The van der Waals surface area contributed by atoms with Crippen molar-refractivity contribution in [2.75, 3.05) is 6.26 Å². The standard InChI is InChI=1S/C7H14S/c1-5-6(2)7(3)8-4/h5H2,1-4H3/b7-6+. The summed E-state index contributed by atoms with van der Waals surface area (Å²) >= 11 is 1.84. The van der Waals surface area contributed by atoms with Crippen molar-refractivity contribution in [3.63, 3.8) is 0 Å². The molecular formula is C7H14S. The molecule has 0 rings (SSSR count). The van der Waals surface area contributed by atoms with E-state index in [1.165, 1.54) is 16.9 Å². The molecule has 0 atom stereocenters. The largest absolute Gasteiger partial charge is 0.134 e. The van der Waals surface area contributed by atoms with Crippen molar-refractivity contribution in [3.05, 3.63) is 10.5 Å². The van der Waals surface area contributed by atoms with E-state index in [1.807, 2.05) is 11.8 Å². The molecule has 0 aromatic heterocycles. The number of thioether (sulfide) groups is 1. The van der Waals surface area contributed by atoms with Crippen molar-refractivity contribution in [2.24, 2.45) is 0 Å². The van der Waals surface area contributed by atoms with Gasteiger partial charge in [-0.2, -0.15) is 0 Å². The molecule has 0 saturated carbocycles. The van der Waals surface area contributed by atoms with Gasteiger partial charge in [0.25, 0.3) is 0 Å².